The van der Waals surface area contributed by atoms with Gasteiger partial charge in [0.05, 0.1) is 12.5 Å². The van der Waals surface area contributed by atoms with Crippen LogP contribution >= 0.6 is 0 Å². The van der Waals surface area contributed by atoms with E-state index in [-0.39, 0.29) is 18.6 Å². The molecule has 39 heavy (non-hydrogen) atoms. The van der Waals surface area contributed by atoms with E-state index in [1.807, 2.05) is 30.3 Å². The summed E-state index contributed by atoms with van der Waals surface area (Å²) in [5, 5.41) is 26.3. The van der Waals surface area contributed by atoms with Crippen molar-refractivity contribution in [2.45, 2.75) is 57.3 Å². The van der Waals surface area contributed by atoms with Crippen LogP contribution < -0.4 is 27.4 Å². The van der Waals surface area contributed by atoms with Crippen LogP contribution in [0.5, 0.6) is 5.75 Å². The Balaban J connectivity index is 2.11. The molecule has 0 radical (unpaired) electrons. The van der Waals surface area contributed by atoms with Crippen LogP contribution in [-0.4, -0.2) is 64.0 Å². The maximum Gasteiger partial charge on any atom is 0.326 e. The molecule has 12 heteroatoms. The van der Waals surface area contributed by atoms with E-state index in [4.69, 9.17) is 11.5 Å². The second-order valence-corrected chi connectivity index (χ2v) is 9.53. The standard InChI is InChI=1S/C27H35N5O7/c1-15(2)23(32-24(35)19(28)12-16-6-4-3-5-7-16)26(37)30-20(14-22(29)34)25(36)31-21(27(38)39)13-17-8-10-18(33)11-9-17/h3-11,15,19-21,23,33H,12-14,28H2,1-2H3,(H2,29,34)(H,30,37)(H,31,36)(H,32,35)(H,38,39). The fraction of sp³-hybridized carbons (Fsp3) is 0.370. The van der Waals surface area contributed by atoms with Gasteiger partial charge in [-0.1, -0.05) is 56.3 Å². The van der Waals surface area contributed by atoms with Crippen LogP contribution in [0.3, 0.4) is 0 Å². The molecule has 0 aliphatic carbocycles. The van der Waals surface area contributed by atoms with E-state index >= 15 is 0 Å². The predicted octanol–water partition coefficient (Wildman–Crippen LogP) is -0.425. The number of primary amides is 1. The van der Waals surface area contributed by atoms with Gasteiger partial charge in [-0.25, -0.2) is 4.79 Å². The lowest BCUT2D eigenvalue weighted by Crippen LogP contribution is -2.59. The minimum Gasteiger partial charge on any atom is -0.508 e. The Kier molecular flexibility index (Phi) is 11.4. The summed E-state index contributed by atoms with van der Waals surface area (Å²) in [5.41, 5.74) is 12.7. The van der Waals surface area contributed by atoms with Crippen molar-refractivity contribution in [2.75, 3.05) is 0 Å². The number of amides is 4. The molecule has 0 heterocycles. The lowest BCUT2D eigenvalue weighted by molar-refractivity contribution is -0.142. The van der Waals surface area contributed by atoms with Crippen LogP contribution in [0.1, 0.15) is 31.4 Å². The molecule has 4 amide bonds. The fourth-order valence-corrected chi connectivity index (χ4v) is 3.77. The molecule has 12 nitrogen and oxygen atoms in total. The van der Waals surface area contributed by atoms with Crippen LogP contribution in [0.4, 0.5) is 0 Å². The first-order chi connectivity index (χ1) is 18.4. The highest BCUT2D eigenvalue weighted by Gasteiger charge is 2.32. The number of rotatable bonds is 14. The number of phenols is 1. The maximum atomic E-state index is 13.1. The summed E-state index contributed by atoms with van der Waals surface area (Å²) in [4.78, 5) is 62.2. The Morgan fingerprint density at radius 3 is 1.87 bits per heavy atom. The van der Waals surface area contributed by atoms with E-state index in [2.05, 4.69) is 16.0 Å². The molecule has 2 aromatic rings. The van der Waals surface area contributed by atoms with E-state index in [0.29, 0.717) is 5.56 Å². The summed E-state index contributed by atoms with van der Waals surface area (Å²) in [6.07, 6.45) is -0.485. The van der Waals surface area contributed by atoms with Crippen LogP contribution in [0, 0.1) is 5.92 Å². The Hall–Kier alpha value is -4.45. The number of aliphatic carboxylic acids is 1. The average Bonchev–Trinajstić information content (AvgIpc) is 2.87. The van der Waals surface area contributed by atoms with Gasteiger partial charge in [-0.15, -0.1) is 0 Å². The molecule has 0 bridgehead atoms. The summed E-state index contributed by atoms with van der Waals surface area (Å²) in [6, 6.07) is 9.90. The normalized spacial score (nSPS) is 13.9. The fourth-order valence-electron chi connectivity index (χ4n) is 3.77. The van der Waals surface area contributed by atoms with Crippen molar-refractivity contribution >= 4 is 29.6 Å². The first-order valence-corrected chi connectivity index (χ1v) is 12.4. The minimum atomic E-state index is -1.49. The Bertz CT molecular complexity index is 1150. The van der Waals surface area contributed by atoms with Crippen molar-refractivity contribution in [2.24, 2.45) is 17.4 Å². The highest BCUT2D eigenvalue weighted by molar-refractivity contribution is 5.96. The first-order valence-electron chi connectivity index (χ1n) is 12.4. The highest BCUT2D eigenvalue weighted by atomic mass is 16.4. The molecule has 0 aliphatic rings. The molecule has 2 aromatic carbocycles. The van der Waals surface area contributed by atoms with Crippen LogP contribution in [-0.2, 0) is 36.8 Å². The number of hydrogen-bond donors (Lipinski definition) is 7. The van der Waals surface area contributed by atoms with Gasteiger partial charge in [-0.2, -0.15) is 0 Å². The topological polar surface area (TPSA) is 214 Å². The molecule has 9 N–H and O–H groups in total. The van der Waals surface area contributed by atoms with Gasteiger partial charge >= 0.3 is 5.97 Å². The molecule has 0 saturated carbocycles. The Morgan fingerprint density at radius 1 is 0.769 bits per heavy atom. The maximum absolute atomic E-state index is 13.1. The lowest BCUT2D eigenvalue weighted by Gasteiger charge is -2.26. The average molecular weight is 542 g/mol. The van der Waals surface area contributed by atoms with E-state index in [1.54, 1.807) is 13.8 Å². The monoisotopic (exact) mass is 541 g/mol. The van der Waals surface area contributed by atoms with Crippen LogP contribution in [0.25, 0.3) is 0 Å². The number of carboxylic acid groups (broad SMARTS) is 1. The van der Waals surface area contributed by atoms with E-state index < -0.39 is 66.1 Å². The molecule has 210 valence electrons. The smallest absolute Gasteiger partial charge is 0.326 e. The lowest BCUT2D eigenvalue weighted by atomic mass is 10.0. The van der Waals surface area contributed by atoms with Crippen molar-refractivity contribution in [3.05, 3.63) is 65.7 Å². The minimum absolute atomic E-state index is 0.00767. The number of nitrogens with one attached hydrogen (secondary N) is 3. The van der Waals surface area contributed by atoms with Gasteiger partial charge in [0.1, 0.15) is 23.9 Å². The third-order valence-electron chi connectivity index (χ3n) is 5.91. The molecule has 0 aromatic heterocycles. The third-order valence-corrected chi connectivity index (χ3v) is 5.91. The number of nitrogens with two attached hydrogens (primary N) is 2. The zero-order chi connectivity index (χ0) is 29.1. The van der Waals surface area contributed by atoms with Gasteiger partial charge in [-0.3, -0.25) is 19.2 Å². The van der Waals surface area contributed by atoms with Crippen molar-refractivity contribution in [3.8, 4) is 5.75 Å². The van der Waals surface area contributed by atoms with E-state index in [1.165, 1.54) is 24.3 Å². The number of phenolic OH excluding ortho intramolecular Hbond substituents is 1. The van der Waals surface area contributed by atoms with Crippen LogP contribution in [0.15, 0.2) is 54.6 Å². The van der Waals surface area contributed by atoms with E-state index in [9.17, 15) is 34.2 Å². The second kappa shape index (κ2) is 14.5. The summed E-state index contributed by atoms with van der Waals surface area (Å²) < 4.78 is 0. The third kappa shape index (κ3) is 10.1. The molecule has 0 spiro atoms. The summed E-state index contributed by atoms with van der Waals surface area (Å²) >= 11 is 0. The highest BCUT2D eigenvalue weighted by Crippen LogP contribution is 2.12. The number of carbonyl (C=O) groups is 5. The molecule has 0 fully saturated rings. The largest absolute Gasteiger partial charge is 0.508 e. The molecule has 0 saturated heterocycles. The summed E-state index contributed by atoms with van der Waals surface area (Å²) in [5.74, 6) is -4.97. The van der Waals surface area contributed by atoms with Crippen molar-refractivity contribution in [3.63, 3.8) is 0 Å². The molecule has 4 unspecified atom stereocenters. The van der Waals surface area contributed by atoms with Crippen LogP contribution in [0.2, 0.25) is 0 Å². The molecular weight excluding hydrogens is 506 g/mol. The SMILES string of the molecule is CC(C)C(NC(=O)C(N)Cc1ccccc1)C(=O)NC(CC(N)=O)C(=O)NC(Cc1ccc(O)cc1)C(=O)O. The van der Waals surface area contributed by atoms with Gasteiger partial charge in [0.15, 0.2) is 0 Å². The Labute approximate surface area is 226 Å². The van der Waals surface area contributed by atoms with Crippen molar-refractivity contribution < 1.29 is 34.2 Å². The molecular formula is C27H35N5O7. The number of carbonyl (C=O) groups excluding carboxylic acids is 4. The van der Waals surface area contributed by atoms with Gasteiger partial charge in [0.2, 0.25) is 23.6 Å². The molecule has 2 rings (SSSR count). The molecule has 4 atom stereocenters. The van der Waals surface area contributed by atoms with Gasteiger partial charge in [0, 0.05) is 6.42 Å². The van der Waals surface area contributed by atoms with E-state index in [0.717, 1.165) is 5.56 Å². The quantitative estimate of drug-likeness (QED) is 0.166. The van der Waals surface area contributed by atoms with Crippen molar-refractivity contribution in [1.82, 2.24) is 16.0 Å². The zero-order valence-electron chi connectivity index (χ0n) is 21.8. The van der Waals surface area contributed by atoms with Gasteiger partial charge in [-0.05, 0) is 35.6 Å². The number of carboxylic acids is 1. The Morgan fingerprint density at radius 2 is 1.33 bits per heavy atom. The van der Waals surface area contributed by atoms with Gasteiger partial charge in [0.25, 0.3) is 0 Å². The number of benzene rings is 2. The summed E-state index contributed by atoms with van der Waals surface area (Å²) in [7, 11) is 0. The second-order valence-electron chi connectivity index (χ2n) is 9.53. The molecule has 0 aliphatic heterocycles. The predicted molar refractivity (Wildman–Crippen MR) is 142 cm³/mol. The first kappa shape index (κ1) is 30.8. The number of hydrogen-bond acceptors (Lipinski definition) is 7. The zero-order valence-corrected chi connectivity index (χ0v) is 21.8. The van der Waals surface area contributed by atoms with Crippen molar-refractivity contribution in [1.29, 1.82) is 0 Å². The van der Waals surface area contributed by atoms with Gasteiger partial charge < -0.3 is 37.6 Å². The number of aromatic hydroxyl groups is 1. The summed E-state index contributed by atoms with van der Waals surface area (Å²) in [6.45, 7) is 3.35.